The van der Waals surface area contributed by atoms with Gasteiger partial charge in [0.15, 0.2) is 10.9 Å². The normalized spacial score (nSPS) is 11.8. The lowest BCUT2D eigenvalue weighted by Crippen LogP contribution is -2.20. The molecule has 0 bridgehead atoms. The van der Waals surface area contributed by atoms with Crippen molar-refractivity contribution in [3.05, 3.63) is 11.1 Å². The molecule has 1 aromatic rings. The first-order valence-electron chi connectivity index (χ1n) is 4.77. The van der Waals surface area contributed by atoms with Gasteiger partial charge in [0.2, 0.25) is 10.0 Å². The summed E-state index contributed by atoms with van der Waals surface area (Å²) < 4.78 is 25.5. The summed E-state index contributed by atoms with van der Waals surface area (Å²) in [5.74, 6) is -0.0857. The Labute approximate surface area is 99.0 Å². The second-order valence-electron chi connectivity index (χ2n) is 3.87. The van der Waals surface area contributed by atoms with E-state index in [4.69, 9.17) is 0 Å². The second-order valence-corrected chi connectivity index (χ2v) is 6.50. The van der Waals surface area contributed by atoms with Crippen LogP contribution in [0.15, 0.2) is 5.38 Å². The highest BCUT2D eigenvalue weighted by molar-refractivity contribution is 7.92. The van der Waals surface area contributed by atoms with Gasteiger partial charge in [0.05, 0.1) is 5.75 Å². The Balaban J connectivity index is 2.77. The number of aromatic nitrogens is 1. The van der Waals surface area contributed by atoms with Gasteiger partial charge >= 0.3 is 0 Å². The lowest BCUT2D eigenvalue weighted by atomic mass is 10.3. The van der Waals surface area contributed by atoms with Gasteiger partial charge in [0.1, 0.15) is 5.69 Å². The van der Waals surface area contributed by atoms with Crippen molar-refractivity contribution in [1.82, 2.24) is 4.98 Å². The van der Waals surface area contributed by atoms with Crippen LogP contribution in [0.5, 0.6) is 0 Å². The number of carbonyl (C=O) groups excluding carboxylic acids is 1. The van der Waals surface area contributed by atoms with Gasteiger partial charge in [0.25, 0.3) is 0 Å². The maximum Gasteiger partial charge on any atom is 0.234 e. The summed E-state index contributed by atoms with van der Waals surface area (Å²) in [6.45, 7) is 5.03. The molecule has 0 aliphatic rings. The highest BCUT2D eigenvalue weighted by Crippen LogP contribution is 2.17. The van der Waals surface area contributed by atoms with Crippen LogP contribution in [0.25, 0.3) is 0 Å². The van der Waals surface area contributed by atoms with Crippen LogP contribution in [0, 0.1) is 5.92 Å². The summed E-state index contributed by atoms with van der Waals surface area (Å²) in [4.78, 5) is 14.8. The molecule has 1 heterocycles. The van der Waals surface area contributed by atoms with Crippen molar-refractivity contribution >= 4 is 32.3 Å². The summed E-state index contributed by atoms with van der Waals surface area (Å²) in [5, 5.41) is 1.78. The molecule has 1 rings (SSSR count). The van der Waals surface area contributed by atoms with E-state index < -0.39 is 10.0 Å². The molecule has 0 aromatic carbocycles. The number of carbonyl (C=O) groups is 1. The summed E-state index contributed by atoms with van der Waals surface area (Å²) in [7, 11) is -3.36. The van der Waals surface area contributed by atoms with Gasteiger partial charge < -0.3 is 0 Å². The molecule has 5 nitrogen and oxygen atoms in total. The van der Waals surface area contributed by atoms with Gasteiger partial charge in [0, 0.05) is 12.3 Å². The van der Waals surface area contributed by atoms with Crippen molar-refractivity contribution in [2.24, 2.45) is 5.92 Å². The average molecular weight is 262 g/mol. The van der Waals surface area contributed by atoms with E-state index in [-0.39, 0.29) is 28.3 Å². The lowest BCUT2D eigenvalue weighted by Gasteiger charge is -2.06. The molecule has 0 aliphatic carbocycles. The molecule has 90 valence electrons. The molecular weight excluding hydrogens is 248 g/mol. The Morgan fingerprint density at radius 1 is 1.56 bits per heavy atom. The van der Waals surface area contributed by atoms with E-state index in [1.807, 2.05) is 13.8 Å². The number of hydrogen-bond acceptors (Lipinski definition) is 5. The molecule has 0 radical (unpaired) electrons. The van der Waals surface area contributed by atoms with E-state index in [9.17, 15) is 13.2 Å². The van der Waals surface area contributed by atoms with E-state index in [1.165, 1.54) is 12.3 Å². The summed E-state index contributed by atoms with van der Waals surface area (Å²) in [6.07, 6.45) is 0. The number of hydrogen-bond donors (Lipinski definition) is 1. The van der Waals surface area contributed by atoms with Crippen molar-refractivity contribution < 1.29 is 13.2 Å². The van der Waals surface area contributed by atoms with Gasteiger partial charge in [-0.2, -0.15) is 0 Å². The molecule has 0 spiro atoms. The fraction of sp³-hybridized carbons (Fsp3) is 0.556. The van der Waals surface area contributed by atoms with E-state index >= 15 is 0 Å². The number of anilines is 1. The molecule has 0 atom stereocenters. The Bertz CT molecular complexity index is 477. The summed E-state index contributed by atoms with van der Waals surface area (Å²) in [5.41, 5.74) is 0.284. The number of nitrogens with one attached hydrogen (secondary N) is 1. The quantitative estimate of drug-likeness (QED) is 0.820. The highest BCUT2D eigenvalue weighted by Gasteiger charge is 2.15. The molecule has 16 heavy (non-hydrogen) atoms. The zero-order chi connectivity index (χ0) is 12.3. The fourth-order valence-corrected chi connectivity index (χ4v) is 3.53. The monoisotopic (exact) mass is 262 g/mol. The van der Waals surface area contributed by atoms with Crippen LogP contribution in [0.1, 0.15) is 31.3 Å². The summed E-state index contributed by atoms with van der Waals surface area (Å²) >= 11 is 1.11. The molecule has 1 aromatic heterocycles. The zero-order valence-corrected chi connectivity index (χ0v) is 11.0. The van der Waals surface area contributed by atoms with Crippen LogP contribution in [-0.4, -0.2) is 24.9 Å². The van der Waals surface area contributed by atoms with Crippen molar-refractivity contribution in [3.8, 4) is 0 Å². The molecule has 0 saturated heterocycles. The number of nitrogens with zero attached hydrogens (tertiary/aromatic N) is 1. The third kappa shape index (κ3) is 3.90. The molecule has 7 heteroatoms. The van der Waals surface area contributed by atoms with E-state index in [1.54, 1.807) is 0 Å². The van der Waals surface area contributed by atoms with E-state index in [0.29, 0.717) is 0 Å². The summed E-state index contributed by atoms with van der Waals surface area (Å²) in [6, 6.07) is 0. The van der Waals surface area contributed by atoms with Crippen molar-refractivity contribution in [3.63, 3.8) is 0 Å². The molecule has 0 aliphatic heterocycles. The minimum Gasteiger partial charge on any atom is -0.293 e. The average Bonchev–Trinajstić information content (AvgIpc) is 2.48. The standard InChI is InChI=1S/C9H14N2O3S2/c1-6(2)5-16(13,14)11-9-10-8(4-15-9)7(3)12/h4,6H,5H2,1-3H3,(H,10,11). The molecule has 1 N–H and O–H groups in total. The van der Waals surface area contributed by atoms with Gasteiger partial charge in [-0.25, -0.2) is 13.4 Å². The Morgan fingerprint density at radius 3 is 2.62 bits per heavy atom. The van der Waals surface area contributed by atoms with Crippen LogP contribution in [0.2, 0.25) is 0 Å². The first-order chi connectivity index (χ1) is 7.30. The van der Waals surface area contributed by atoms with Crippen molar-refractivity contribution in [2.75, 3.05) is 10.5 Å². The van der Waals surface area contributed by atoms with Crippen LogP contribution < -0.4 is 4.72 Å². The number of rotatable bonds is 5. The van der Waals surface area contributed by atoms with Crippen LogP contribution >= 0.6 is 11.3 Å². The van der Waals surface area contributed by atoms with Gasteiger partial charge in [-0.1, -0.05) is 13.8 Å². The predicted molar refractivity (Wildman–Crippen MR) is 64.4 cm³/mol. The fourth-order valence-electron chi connectivity index (χ4n) is 1.10. The predicted octanol–water partition coefficient (Wildman–Crippen LogP) is 1.74. The maximum absolute atomic E-state index is 11.6. The minimum atomic E-state index is -3.36. The molecule has 0 fully saturated rings. The molecule has 0 amide bonds. The number of Topliss-reactive ketones (excluding diaryl/α,β-unsaturated/α-hetero) is 1. The van der Waals surface area contributed by atoms with Crippen LogP contribution in [0.3, 0.4) is 0 Å². The third-order valence-corrected chi connectivity index (χ3v) is 4.16. The smallest absolute Gasteiger partial charge is 0.234 e. The van der Waals surface area contributed by atoms with E-state index in [0.717, 1.165) is 11.3 Å². The van der Waals surface area contributed by atoms with Crippen molar-refractivity contribution in [1.29, 1.82) is 0 Å². The van der Waals surface area contributed by atoms with Gasteiger partial charge in [-0.15, -0.1) is 11.3 Å². The number of thiazole rings is 1. The molecular formula is C9H14N2O3S2. The topological polar surface area (TPSA) is 76.1 Å². The van der Waals surface area contributed by atoms with Gasteiger partial charge in [-0.3, -0.25) is 9.52 Å². The largest absolute Gasteiger partial charge is 0.293 e. The third-order valence-electron chi connectivity index (χ3n) is 1.66. The number of ketones is 1. The number of sulfonamides is 1. The SMILES string of the molecule is CC(=O)c1csc(NS(=O)(=O)CC(C)C)n1. The lowest BCUT2D eigenvalue weighted by molar-refractivity contribution is 0.101. The second kappa shape index (κ2) is 4.92. The van der Waals surface area contributed by atoms with Crippen LogP contribution in [0.4, 0.5) is 5.13 Å². The highest BCUT2D eigenvalue weighted by atomic mass is 32.2. The molecule has 0 unspecified atom stereocenters. The van der Waals surface area contributed by atoms with Crippen molar-refractivity contribution in [2.45, 2.75) is 20.8 Å². The molecule has 0 saturated carbocycles. The zero-order valence-electron chi connectivity index (χ0n) is 9.35. The first-order valence-corrected chi connectivity index (χ1v) is 7.30. The van der Waals surface area contributed by atoms with E-state index in [2.05, 4.69) is 9.71 Å². The Morgan fingerprint density at radius 2 is 2.19 bits per heavy atom. The Hall–Kier alpha value is -0.950. The minimum absolute atomic E-state index is 0.0436. The van der Waals surface area contributed by atoms with Crippen LogP contribution in [-0.2, 0) is 10.0 Å². The first kappa shape index (κ1) is 13.1. The Kier molecular flexibility index (Phi) is 4.03. The van der Waals surface area contributed by atoms with Gasteiger partial charge in [-0.05, 0) is 5.92 Å². The maximum atomic E-state index is 11.6.